The molecule has 0 aliphatic heterocycles. The second-order valence-corrected chi connectivity index (χ2v) is 6.96. The number of aromatic nitrogens is 2. The van der Waals surface area contributed by atoms with Crippen molar-refractivity contribution >= 4 is 34.5 Å². The van der Waals surface area contributed by atoms with Gasteiger partial charge in [0, 0.05) is 14.7 Å². The number of hydrogen-bond donors (Lipinski definition) is 1. The minimum Gasteiger partial charge on any atom is -0.289 e. The summed E-state index contributed by atoms with van der Waals surface area (Å²) in [6.45, 7) is 4.18. The lowest BCUT2D eigenvalue weighted by Gasteiger charge is -2.01. The van der Waals surface area contributed by atoms with Crippen molar-refractivity contribution in [3.05, 3.63) is 80.6 Å². The van der Waals surface area contributed by atoms with E-state index in [1.54, 1.807) is 12.2 Å². The standard InChI is InChI=1S/C20H17IN2O/c1-13-3-4-16(11-14(13)2)19-12-18(22-23-19)9-10-20(24)15-5-7-17(21)8-6-15/h3-12H,1-2H3,(H,22,23)/b10-9+. The summed E-state index contributed by atoms with van der Waals surface area (Å²) in [5.74, 6) is -0.0197. The second-order valence-electron chi connectivity index (χ2n) is 5.71. The summed E-state index contributed by atoms with van der Waals surface area (Å²) in [4.78, 5) is 12.2. The van der Waals surface area contributed by atoms with Gasteiger partial charge >= 0.3 is 0 Å². The quantitative estimate of drug-likeness (QED) is 0.353. The van der Waals surface area contributed by atoms with Crippen LogP contribution in [0.1, 0.15) is 27.2 Å². The highest BCUT2D eigenvalue weighted by Crippen LogP contribution is 2.21. The molecule has 0 aliphatic carbocycles. The first-order valence-electron chi connectivity index (χ1n) is 7.64. The molecule has 3 nitrogen and oxygen atoms in total. The summed E-state index contributed by atoms with van der Waals surface area (Å²) < 4.78 is 1.11. The number of carbonyl (C=O) groups is 1. The fourth-order valence-corrected chi connectivity index (χ4v) is 2.71. The number of H-pyrrole nitrogens is 1. The van der Waals surface area contributed by atoms with E-state index < -0.39 is 0 Å². The minimum absolute atomic E-state index is 0.0197. The normalized spacial score (nSPS) is 11.1. The predicted molar refractivity (Wildman–Crippen MR) is 106 cm³/mol. The van der Waals surface area contributed by atoms with Crippen LogP contribution in [0.5, 0.6) is 0 Å². The van der Waals surface area contributed by atoms with Crippen LogP contribution in [-0.4, -0.2) is 16.0 Å². The Hall–Kier alpha value is -2.21. The van der Waals surface area contributed by atoms with Gasteiger partial charge in [0.05, 0.1) is 11.4 Å². The van der Waals surface area contributed by atoms with E-state index in [-0.39, 0.29) is 5.78 Å². The molecule has 120 valence electrons. The lowest BCUT2D eigenvalue weighted by Crippen LogP contribution is -1.93. The van der Waals surface area contributed by atoms with E-state index in [1.807, 2.05) is 30.3 Å². The Balaban J connectivity index is 1.77. The number of hydrogen-bond acceptors (Lipinski definition) is 2. The van der Waals surface area contributed by atoms with Crippen LogP contribution < -0.4 is 0 Å². The predicted octanol–water partition coefficient (Wildman–Crippen LogP) is 5.19. The largest absolute Gasteiger partial charge is 0.289 e. The van der Waals surface area contributed by atoms with Gasteiger partial charge in [-0.2, -0.15) is 5.10 Å². The molecule has 4 heteroatoms. The lowest BCUT2D eigenvalue weighted by atomic mass is 10.0. The molecule has 24 heavy (non-hydrogen) atoms. The van der Waals surface area contributed by atoms with E-state index in [2.05, 4.69) is 64.8 Å². The van der Waals surface area contributed by atoms with Gasteiger partial charge in [-0.3, -0.25) is 9.89 Å². The highest BCUT2D eigenvalue weighted by molar-refractivity contribution is 14.1. The molecule has 3 rings (SSSR count). The SMILES string of the molecule is Cc1ccc(-c2cc(/C=C/C(=O)c3ccc(I)cc3)[nH]n2)cc1C. The number of benzene rings is 2. The van der Waals surface area contributed by atoms with Gasteiger partial charge in [0.1, 0.15) is 0 Å². The molecule has 1 N–H and O–H groups in total. The molecule has 0 aliphatic rings. The van der Waals surface area contributed by atoms with Crippen molar-refractivity contribution in [2.75, 3.05) is 0 Å². The number of nitrogens with one attached hydrogen (secondary N) is 1. The summed E-state index contributed by atoms with van der Waals surface area (Å²) in [5, 5.41) is 7.29. The smallest absolute Gasteiger partial charge is 0.185 e. The molecule has 2 aromatic carbocycles. The summed E-state index contributed by atoms with van der Waals surface area (Å²) in [6.07, 6.45) is 3.33. The Morgan fingerprint density at radius 2 is 1.79 bits per heavy atom. The van der Waals surface area contributed by atoms with Crippen molar-refractivity contribution in [3.63, 3.8) is 0 Å². The number of ketones is 1. The molecule has 1 aromatic heterocycles. The monoisotopic (exact) mass is 428 g/mol. The number of aryl methyl sites for hydroxylation is 2. The number of halogens is 1. The zero-order chi connectivity index (χ0) is 17.1. The van der Waals surface area contributed by atoms with E-state index in [0.29, 0.717) is 5.56 Å². The van der Waals surface area contributed by atoms with Gasteiger partial charge in [0.15, 0.2) is 5.78 Å². The van der Waals surface area contributed by atoms with E-state index in [0.717, 1.165) is 20.5 Å². The Kier molecular flexibility index (Phi) is 4.94. The number of carbonyl (C=O) groups excluding carboxylic acids is 1. The van der Waals surface area contributed by atoms with Crippen molar-refractivity contribution in [3.8, 4) is 11.3 Å². The van der Waals surface area contributed by atoms with Gasteiger partial charge in [0.25, 0.3) is 0 Å². The summed E-state index contributed by atoms with van der Waals surface area (Å²) in [5.41, 5.74) is 5.93. The highest BCUT2D eigenvalue weighted by Gasteiger charge is 2.05. The first-order valence-corrected chi connectivity index (χ1v) is 8.72. The highest BCUT2D eigenvalue weighted by atomic mass is 127. The average Bonchev–Trinajstić information content (AvgIpc) is 3.05. The number of aromatic amines is 1. The molecule has 0 atom stereocenters. The van der Waals surface area contributed by atoms with E-state index in [1.165, 1.54) is 11.1 Å². The average molecular weight is 428 g/mol. The Bertz CT molecular complexity index is 908. The molecule has 0 spiro atoms. The maximum absolute atomic E-state index is 12.2. The molecule has 3 aromatic rings. The van der Waals surface area contributed by atoms with Crippen molar-refractivity contribution < 1.29 is 4.79 Å². The third-order valence-corrected chi connectivity index (χ3v) is 4.66. The molecule has 1 heterocycles. The minimum atomic E-state index is -0.0197. The van der Waals surface area contributed by atoms with Crippen LogP contribution in [0.2, 0.25) is 0 Å². The van der Waals surface area contributed by atoms with Crippen molar-refractivity contribution in [2.24, 2.45) is 0 Å². The molecule has 0 fully saturated rings. The number of rotatable bonds is 4. The van der Waals surface area contributed by atoms with Gasteiger partial charge in [0.2, 0.25) is 0 Å². The van der Waals surface area contributed by atoms with Crippen molar-refractivity contribution in [2.45, 2.75) is 13.8 Å². The molecule has 0 amide bonds. The van der Waals surface area contributed by atoms with Crippen LogP contribution in [0, 0.1) is 17.4 Å². The Morgan fingerprint density at radius 3 is 2.50 bits per heavy atom. The van der Waals surface area contributed by atoms with E-state index in [9.17, 15) is 4.79 Å². The van der Waals surface area contributed by atoms with Gasteiger partial charge < -0.3 is 0 Å². The van der Waals surface area contributed by atoms with Crippen LogP contribution in [0.25, 0.3) is 17.3 Å². The second kappa shape index (κ2) is 7.13. The molecular formula is C20H17IN2O. The third-order valence-electron chi connectivity index (χ3n) is 3.94. The van der Waals surface area contributed by atoms with Crippen LogP contribution in [0.3, 0.4) is 0 Å². The van der Waals surface area contributed by atoms with Crippen molar-refractivity contribution in [1.82, 2.24) is 10.2 Å². The van der Waals surface area contributed by atoms with Crippen molar-refractivity contribution in [1.29, 1.82) is 0 Å². The van der Waals surface area contributed by atoms with Crippen LogP contribution in [-0.2, 0) is 0 Å². The zero-order valence-electron chi connectivity index (χ0n) is 13.5. The molecule has 0 radical (unpaired) electrons. The van der Waals surface area contributed by atoms with Crippen LogP contribution >= 0.6 is 22.6 Å². The third kappa shape index (κ3) is 3.82. The maximum atomic E-state index is 12.2. The maximum Gasteiger partial charge on any atom is 0.185 e. The molecule has 0 bridgehead atoms. The fraction of sp³-hybridized carbons (Fsp3) is 0.100. The van der Waals surface area contributed by atoms with Crippen LogP contribution in [0.15, 0.2) is 54.6 Å². The first kappa shape index (κ1) is 16.6. The zero-order valence-corrected chi connectivity index (χ0v) is 15.7. The number of nitrogens with zero attached hydrogens (tertiary/aromatic N) is 1. The lowest BCUT2D eigenvalue weighted by molar-refractivity contribution is 0.104. The van der Waals surface area contributed by atoms with Gasteiger partial charge in [-0.25, -0.2) is 0 Å². The summed E-state index contributed by atoms with van der Waals surface area (Å²) in [6, 6.07) is 15.7. The topological polar surface area (TPSA) is 45.8 Å². The van der Waals surface area contributed by atoms with Gasteiger partial charge in [-0.15, -0.1) is 0 Å². The number of allylic oxidation sites excluding steroid dienone is 1. The molecular weight excluding hydrogens is 411 g/mol. The fourth-order valence-electron chi connectivity index (χ4n) is 2.35. The van der Waals surface area contributed by atoms with Gasteiger partial charge in [-0.05, 0) is 84.0 Å². The van der Waals surface area contributed by atoms with Gasteiger partial charge in [-0.1, -0.05) is 24.3 Å². The molecule has 0 saturated heterocycles. The molecule has 0 saturated carbocycles. The Morgan fingerprint density at radius 1 is 1.04 bits per heavy atom. The first-order chi connectivity index (χ1) is 11.5. The van der Waals surface area contributed by atoms with E-state index >= 15 is 0 Å². The van der Waals surface area contributed by atoms with E-state index in [4.69, 9.17) is 0 Å². The Labute approximate surface area is 155 Å². The summed E-state index contributed by atoms with van der Waals surface area (Å²) >= 11 is 2.22. The van der Waals surface area contributed by atoms with Crippen LogP contribution in [0.4, 0.5) is 0 Å². The summed E-state index contributed by atoms with van der Waals surface area (Å²) in [7, 11) is 0. The molecule has 0 unspecified atom stereocenters.